The van der Waals surface area contributed by atoms with Crippen molar-refractivity contribution in [3.05, 3.63) is 58.6 Å². The molecular formula is C25H33BrN2O4. The molecule has 0 spiro atoms. The molecule has 0 saturated heterocycles. The van der Waals surface area contributed by atoms with E-state index in [-0.39, 0.29) is 11.8 Å². The van der Waals surface area contributed by atoms with Crippen LogP contribution in [0.1, 0.15) is 39.2 Å². The van der Waals surface area contributed by atoms with Gasteiger partial charge in [0.1, 0.15) is 17.5 Å². The van der Waals surface area contributed by atoms with Crippen molar-refractivity contribution in [2.45, 2.75) is 46.2 Å². The highest BCUT2D eigenvalue weighted by Crippen LogP contribution is 2.18. The van der Waals surface area contributed by atoms with Crippen molar-refractivity contribution in [3.8, 4) is 11.5 Å². The van der Waals surface area contributed by atoms with Crippen LogP contribution < -0.4 is 14.8 Å². The van der Waals surface area contributed by atoms with Gasteiger partial charge >= 0.3 is 0 Å². The molecule has 0 radical (unpaired) electrons. The zero-order chi connectivity index (χ0) is 23.5. The Morgan fingerprint density at radius 3 is 2.38 bits per heavy atom. The lowest BCUT2D eigenvalue weighted by atomic mass is 10.1. The lowest BCUT2D eigenvalue weighted by molar-refractivity contribution is -0.140. The number of carbonyl (C=O) groups is 2. The van der Waals surface area contributed by atoms with Crippen LogP contribution in [0.2, 0.25) is 0 Å². The summed E-state index contributed by atoms with van der Waals surface area (Å²) in [6.45, 7) is 7.22. The maximum Gasteiger partial charge on any atom is 0.242 e. The first-order valence-corrected chi connectivity index (χ1v) is 11.7. The van der Waals surface area contributed by atoms with Crippen LogP contribution in [0, 0.1) is 5.92 Å². The van der Waals surface area contributed by atoms with E-state index in [0.29, 0.717) is 38.5 Å². The number of amides is 2. The molecule has 1 N–H and O–H groups in total. The number of hydrogen-bond acceptors (Lipinski definition) is 4. The molecule has 7 heteroatoms. The lowest BCUT2D eigenvalue weighted by Crippen LogP contribution is -2.48. The number of methoxy groups -OCH3 is 1. The lowest BCUT2D eigenvalue weighted by Gasteiger charge is -2.29. The molecule has 0 bridgehead atoms. The Kier molecular flexibility index (Phi) is 10.5. The first kappa shape index (κ1) is 25.7. The van der Waals surface area contributed by atoms with E-state index in [1.165, 1.54) is 0 Å². The SMILES string of the molecule is COc1ccc(OCCCC(=O)N(Cc2cccc(Br)c2)[C@H](C)C(=O)NCC(C)C)cc1. The van der Waals surface area contributed by atoms with Gasteiger partial charge in [-0.2, -0.15) is 0 Å². The van der Waals surface area contributed by atoms with Crippen molar-refractivity contribution >= 4 is 27.7 Å². The largest absolute Gasteiger partial charge is 0.497 e. The second kappa shape index (κ2) is 13.1. The number of hydrogen-bond donors (Lipinski definition) is 1. The van der Waals surface area contributed by atoms with Gasteiger partial charge in [-0.1, -0.05) is 41.9 Å². The van der Waals surface area contributed by atoms with Gasteiger partial charge in [0.05, 0.1) is 13.7 Å². The average Bonchev–Trinajstić information content (AvgIpc) is 2.78. The highest BCUT2D eigenvalue weighted by Gasteiger charge is 2.26. The molecule has 0 heterocycles. The minimum atomic E-state index is -0.567. The van der Waals surface area contributed by atoms with Crippen molar-refractivity contribution in [1.29, 1.82) is 0 Å². The molecule has 0 aliphatic heterocycles. The first-order valence-electron chi connectivity index (χ1n) is 10.9. The molecule has 32 heavy (non-hydrogen) atoms. The standard InChI is InChI=1S/C25H33BrN2O4/c1-18(2)16-27-25(30)19(3)28(17-20-7-5-8-21(26)15-20)24(29)9-6-14-32-23-12-10-22(31-4)11-13-23/h5,7-8,10-13,15,18-19H,6,9,14,16-17H2,1-4H3,(H,27,30)/t19-/m1/s1. The number of ether oxygens (including phenoxy) is 2. The summed E-state index contributed by atoms with van der Waals surface area (Å²) in [5.74, 6) is 1.62. The molecule has 2 amide bonds. The van der Waals surface area contributed by atoms with E-state index in [1.54, 1.807) is 18.9 Å². The maximum absolute atomic E-state index is 13.1. The van der Waals surface area contributed by atoms with Crippen LogP contribution in [-0.4, -0.2) is 43.0 Å². The van der Waals surface area contributed by atoms with E-state index in [1.807, 2.05) is 62.4 Å². The Morgan fingerprint density at radius 1 is 1.06 bits per heavy atom. The number of rotatable bonds is 12. The summed E-state index contributed by atoms with van der Waals surface area (Å²) in [5, 5.41) is 2.94. The molecule has 2 rings (SSSR count). The molecule has 0 unspecified atom stereocenters. The Labute approximate surface area is 199 Å². The fourth-order valence-corrected chi connectivity index (χ4v) is 3.54. The second-order valence-electron chi connectivity index (χ2n) is 8.09. The molecule has 0 fully saturated rings. The molecule has 0 saturated carbocycles. The fraction of sp³-hybridized carbons (Fsp3) is 0.440. The normalized spacial score (nSPS) is 11.7. The van der Waals surface area contributed by atoms with Gasteiger partial charge in [0.2, 0.25) is 11.8 Å². The summed E-state index contributed by atoms with van der Waals surface area (Å²) < 4.78 is 11.8. The van der Waals surface area contributed by atoms with Gasteiger partial charge in [0.25, 0.3) is 0 Å². The quantitative estimate of drug-likeness (QED) is 0.421. The molecule has 1 atom stereocenters. The van der Waals surface area contributed by atoms with Gasteiger partial charge in [-0.15, -0.1) is 0 Å². The number of carbonyl (C=O) groups excluding carboxylic acids is 2. The van der Waals surface area contributed by atoms with Gasteiger partial charge in [-0.25, -0.2) is 0 Å². The third-order valence-corrected chi connectivity index (χ3v) is 5.45. The molecular weight excluding hydrogens is 472 g/mol. The maximum atomic E-state index is 13.1. The Bertz CT molecular complexity index is 871. The third kappa shape index (κ3) is 8.54. The predicted molar refractivity (Wildman–Crippen MR) is 130 cm³/mol. The van der Waals surface area contributed by atoms with Crippen LogP contribution in [0.5, 0.6) is 11.5 Å². The van der Waals surface area contributed by atoms with Crippen LogP contribution in [0.3, 0.4) is 0 Å². The van der Waals surface area contributed by atoms with Gasteiger partial charge in [-0.3, -0.25) is 9.59 Å². The molecule has 0 aliphatic rings. The van der Waals surface area contributed by atoms with E-state index in [2.05, 4.69) is 21.2 Å². The zero-order valence-corrected chi connectivity index (χ0v) is 20.9. The van der Waals surface area contributed by atoms with Crippen molar-refractivity contribution < 1.29 is 19.1 Å². The summed E-state index contributed by atoms with van der Waals surface area (Å²) in [6, 6.07) is 14.5. The van der Waals surface area contributed by atoms with E-state index in [4.69, 9.17) is 9.47 Å². The van der Waals surface area contributed by atoms with Crippen molar-refractivity contribution in [1.82, 2.24) is 10.2 Å². The third-order valence-electron chi connectivity index (χ3n) is 4.96. The number of benzene rings is 2. The summed E-state index contributed by atoms with van der Waals surface area (Å²) in [6.07, 6.45) is 0.853. The van der Waals surface area contributed by atoms with Crippen LogP contribution in [-0.2, 0) is 16.1 Å². The summed E-state index contributed by atoms with van der Waals surface area (Å²) in [4.78, 5) is 27.4. The van der Waals surface area contributed by atoms with Gasteiger partial charge in [0, 0.05) is 24.0 Å². The fourth-order valence-electron chi connectivity index (χ4n) is 3.10. The molecule has 0 aliphatic carbocycles. The number of nitrogens with zero attached hydrogens (tertiary/aromatic N) is 1. The minimum absolute atomic E-state index is 0.0736. The van der Waals surface area contributed by atoms with Crippen LogP contribution >= 0.6 is 15.9 Å². The molecule has 2 aromatic rings. The van der Waals surface area contributed by atoms with Gasteiger partial charge in [-0.05, 0) is 61.2 Å². The van der Waals surface area contributed by atoms with E-state index >= 15 is 0 Å². The second-order valence-corrected chi connectivity index (χ2v) is 9.01. The highest BCUT2D eigenvalue weighted by molar-refractivity contribution is 9.10. The summed E-state index contributed by atoms with van der Waals surface area (Å²) in [7, 11) is 1.62. The smallest absolute Gasteiger partial charge is 0.242 e. The molecule has 0 aromatic heterocycles. The summed E-state index contributed by atoms with van der Waals surface area (Å²) >= 11 is 3.47. The zero-order valence-electron chi connectivity index (χ0n) is 19.3. The highest BCUT2D eigenvalue weighted by atomic mass is 79.9. The predicted octanol–water partition coefficient (Wildman–Crippen LogP) is 4.81. The first-order chi connectivity index (χ1) is 15.3. The van der Waals surface area contributed by atoms with Crippen molar-refractivity contribution in [2.24, 2.45) is 5.92 Å². The Hall–Kier alpha value is -2.54. The topological polar surface area (TPSA) is 67.9 Å². The minimum Gasteiger partial charge on any atom is -0.497 e. The van der Waals surface area contributed by atoms with E-state index in [9.17, 15) is 9.59 Å². The average molecular weight is 505 g/mol. The van der Waals surface area contributed by atoms with Crippen LogP contribution in [0.4, 0.5) is 0 Å². The Balaban J connectivity index is 1.97. The molecule has 6 nitrogen and oxygen atoms in total. The Morgan fingerprint density at radius 2 is 1.75 bits per heavy atom. The van der Waals surface area contributed by atoms with Crippen molar-refractivity contribution in [3.63, 3.8) is 0 Å². The monoisotopic (exact) mass is 504 g/mol. The van der Waals surface area contributed by atoms with Crippen LogP contribution in [0.25, 0.3) is 0 Å². The van der Waals surface area contributed by atoms with E-state index in [0.717, 1.165) is 21.5 Å². The van der Waals surface area contributed by atoms with E-state index < -0.39 is 6.04 Å². The van der Waals surface area contributed by atoms with Gasteiger partial charge < -0.3 is 19.7 Å². The molecule has 2 aromatic carbocycles. The number of halogens is 1. The number of nitrogens with one attached hydrogen (secondary N) is 1. The molecule has 174 valence electrons. The summed E-state index contributed by atoms with van der Waals surface area (Å²) in [5.41, 5.74) is 0.964. The van der Waals surface area contributed by atoms with Crippen molar-refractivity contribution in [2.75, 3.05) is 20.3 Å². The van der Waals surface area contributed by atoms with Gasteiger partial charge in [0.15, 0.2) is 0 Å². The van der Waals surface area contributed by atoms with Crippen LogP contribution in [0.15, 0.2) is 53.0 Å².